The summed E-state index contributed by atoms with van der Waals surface area (Å²) in [5.41, 5.74) is -0.0643. The van der Waals surface area contributed by atoms with Crippen molar-refractivity contribution in [1.29, 1.82) is 0 Å². The molecule has 0 spiro atoms. The highest BCUT2D eigenvalue weighted by Gasteiger charge is 2.17. The van der Waals surface area contributed by atoms with E-state index in [-0.39, 0.29) is 23.7 Å². The molecule has 0 saturated heterocycles. The lowest BCUT2D eigenvalue weighted by Gasteiger charge is -2.11. The Bertz CT molecular complexity index is 450. The van der Waals surface area contributed by atoms with E-state index in [2.05, 4.69) is 6.58 Å². The van der Waals surface area contributed by atoms with Crippen molar-refractivity contribution in [3.63, 3.8) is 0 Å². The third-order valence-corrected chi connectivity index (χ3v) is 1.81. The Labute approximate surface area is 98.3 Å². The molecule has 0 radical (unpaired) electrons. The molecule has 0 fully saturated rings. The number of carboxylic acid groups (broad SMARTS) is 1. The van der Waals surface area contributed by atoms with Gasteiger partial charge in [-0.3, -0.25) is 4.79 Å². The van der Waals surface area contributed by atoms with Gasteiger partial charge in [-0.1, -0.05) is 18.7 Å². The molecule has 0 aliphatic heterocycles. The number of ether oxygens (including phenoxy) is 2. The van der Waals surface area contributed by atoms with Crippen molar-refractivity contribution in [2.45, 2.75) is 6.92 Å². The number of carbonyl (C=O) groups is 2. The fourth-order valence-corrected chi connectivity index (χ4v) is 1.21. The summed E-state index contributed by atoms with van der Waals surface area (Å²) in [6.45, 7) is 4.81. The average molecular weight is 236 g/mol. The number of para-hydroxylation sites is 1. The molecule has 0 unspecified atom stereocenters. The quantitative estimate of drug-likeness (QED) is 0.480. The first-order chi connectivity index (χ1) is 8.06. The zero-order valence-electron chi connectivity index (χ0n) is 9.30. The van der Waals surface area contributed by atoms with Gasteiger partial charge in [0.25, 0.3) is 0 Å². The van der Waals surface area contributed by atoms with Crippen molar-refractivity contribution in [2.24, 2.45) is 0 Å². The Morgan fingerprint density at radius 3 is 2.71 bits per heavy atom. The van der Waals surface area contributed by atoms with Crippen LogP contribution in [-0.4, -0.2) is 23.7 Å². The highest BCUT2D eigenvalue weighted by Crippen LogP contribution is 2.31. The van der Waals surface area contributed by atoms with Gasteiger partial charge in [-0.05, 0) is 12.1 Å². The van der Waals surface area contributed by atoms with E-state index in [9.17, 15) is 9.59 Å². The number of rotatable bonds is 5. The number of carboxylic acids is 1. The lowest BCUT2D eigenvalue weighted by atomic mass is 10.2. The van der Waals surface area contributed by atoms with Crippen molar-refractivity contribution in [3.05, 3.63) is 36.4 Å². The van der Waals surface area contributed by atoms with Crippen LogP contribution in [0.25, 0.3) is 0 Å². The second kappa shape index (κ2) is 5.69. The van der Waals surface area contributed by atoms with Crippen LogP contribution in [0.5, 0.6) is 11.5 Å². The van der Waals surface area contributed by atoms with Gasteiger partial charge in [0.2, 0.25) is 0 Å². The zero-order valence-corrected chi connectivity index (χ0v) is 9.30. The van der Waals surface area contributed by atoms with Crippen LogP contribution in [0.2, 0.25) is 0 Å². The number of aromatic carboxylic acids is 1. The molecule has 5 nitrogen and oxygen atoms in total. The van der Waals surface area contributed by atoms with Crippen molar-refractivity contribution in [3.8, 4) is 11.5 Å². The molecule has 0 saturated carbocycles. The number of hydrogen-bond donors (Lipinski definition) is 1. The summed E-state index contributed by atoms with van der Waals surface area (Å²) >= 11 is 0. The first-order valence-corrected chi connectivity index (χ1v) is 4.84. The van der Waals surface area contributed by atoms with Gasteiger partial charge in [0.1, 0.15) is 12.2 Å². The maximum atomic E-state index is 11.0. The Morgan fingerprint density at radius 2 is 2.18 bits per heavy atom. The summed E-state index contributed by atoms with van der Waals surface area (Å²) in [4.78, 5) is 21.9. The monoisotopic (exact) mass is 236 g/mol. The van der Waals surface area contributed by atoms with E-state index in [0.717, 1.165) is 0 Å². The minimum atomic E-state index is -1.15. The molecule has 0 atom stereocenters. The van der Waals surface area contributed by atoms with Crippen molar-refractivity contribution < 1.29 is 24.2 Å². The first-order valence-electron chi connectivity index (χ1n) is 4.84. The molecule has 0 aliphatic rings. The summed E-state index contributed by atoms with van der Waals surface area (Å²) in [6.07, 6.45) is 1.47. The molecule has 17 heavy (non-hydrogen) atoms. The molecule has 0 amide bonds. The van der Waals surface area contributed by atoms with E-state index >= 15 is 0 Å². The van der Waals surface area contributed by atoms with Crippen LogP contribution in [0.15, 0.2) is 30.9 Å². The Hall–Kier alpha value is -2.30. The predicted octanol–water partition coefficient (Wildman–Crippen LogP) is 1.87. The van der Waals surface area contributed by atoms with Crippen LogP contribution < -0.4 is 9.47 Å². The predicted molar refractivity (Wildman–Crippen MR) is 60.4 cm³/mol. The van der Waals surface area contributed by atoms with Crippen molar-refractivity contribution in [1.82, 2.24) is 0 Å². The third-order valence-electron chi connectivity index (χ3n) is 1.81. The average Bonchev–Trinajstić information content (AvgIpc) is 2.26. The lowest BCUT2D eigenvalue weighted by molar-refractivity contribution is -0.132. The molecule has 5 heteroatoms. The van der Waals surface area contributed by atoms with Crippen LogP contribution in [0.3, 0.4) is 0 Å². The summed E-state index contributed by atoms with van der Waals surface area (Å²) in [7, 11) is 0. The largest absolute Gasteiger partial charge is 0.485 e. The fraction of sp³-hybridized carbons (Fsp3) is 0.167. The molecule has 1 aromatic carbocycles. The highest BCUT2D eigenvalue weighted by atomic mass is 16.6. The Morgan fingerprint density at radius 1 is 1.47 bits per heavy atom. The van der Waals surface area contributed by atoms with Gasteiger partial charge < -0.3 is 14.6 Å². The van der Waals surface area contributed by atoms with E-state index in [1.807, 2.05) is 0 Å². The van der Waals surface area contributed by atoms with E-state index < -0.39 is 11.9 Å². The van der Waals surface area contributed by atoms with Gasteiger partial charge in [-0.2, -0.15) is 0 Å². The van der Waals surface area contributed by atoms with E-state index in [4.69, 9.17) is 14.6 Å². The van der Waals surface area contributed by atoms with E-state index in [0.29, 0.717) is 0 Å². The number of benzene rings is 1. The van der Waals surface area contributed by atoms with Gasteiger partial charge in [-0.15, -0.1) is 0 Å². The maximum Gasteiger partial charge on any atom is 0.339 e. The van der Waals surface area contributed by atoms with Crippen LogP contribution in [0.4, 0.5) is 0 Å². The minimum Gasteiger partial charge on any atom is -0.485 e. The van der Waals surface area contributed by atoms with E-state index in [1.165, 1.54) is 31.2 Å². The normalized spacial score (nSPS) is 9.47. The lowest BCUT2D eigenvalue weighted by Crippen LogP contribution is -2.08. The zero-order chi connectivity index (χ0) is 12.8. The molecule has 0 bridgehead atoms. The topological polar surface area (TPSA) is 72.8 Å². The smallest absolute Gasteiger partial charge is 0.339 e. The Kier molecular flexibility index (Phi) is 4.28. The van der Waals surface area contributed by atoms with Gasteiger partial charge in [0, 0.05) is 6.92 Å². The minimum absolute atomic E-state index is 0.0232. The SMILES string of the molecule is C=CCOc1c(OC(C)=O)cccc1C(=O)O. The van der Waals surface area contributed by atoms with Crippen molar-refractivity contribution >= 4 is 11.9 Å². The second-order valence-corrected chi connectivity index (χ2v) is 3.13. The van der Waals surface area contributed by atoms with Gasteiger partial charge in [-0.25, -0.2) is 4.79 Å². The number of carbonyl (C=O) groups excluding carboxylic acids is 1. The maximum absolute atomic E-state index is 11.0. The summed E-state index contributed by atoms with van der Waals surface area (Å²) in [6, 6.07) is 4.31. The molecular formula is C12H12O5. The van der Waals surface area contributed by atoms with Gasteiger partial charge in [0.05, 0.1) is 0 Å². The summed E-state index contributed by atoms with van der Waals surface area (Å²) in [5, 5.41) is 8.98. The number of esters is 1. The summed E-state index contributed by atoms with van der Waals surface area (Å²) < 4.78 is 10.1. The van der Waals surface area contributed by atoms with E-state index in [1.54, 1.807) is 0 Å². The molecule has 1 N–H and O–H groups in total. The second-order valence-electron chi connectivity index (χ2n) is 3.13. The van der Waals surface area contributed by atoms with Gasteiger partial charge in [0.15, 0.2) is 11.5 Å². The molecule has 1 rings (SSSR count). The molecule has 0 aromatic heterocycles. The fourth-order valence-electron chi connectivity index (χ4n) is 1.21. The molecule has 1 aromatic rings. The molecule has 0 aliphatic carbocycles. The molecule has 90 valence electrons. The number of hydrogen-bond acceptors (Lipinski definition) is 4. The van der Waals surface area contributed by atoms with Crippen LogP contribution in [-0.2, 0) is 4.79 Å². The standard InChI is InChI=1S/C12H12O5/c1-3-7-16-11-9(12(14)15)5-4-6-10(11)17-8(2)13/h3-6H,1,7H2,2H3,(H,14,15). The summed E-state index contributed by atoms with van der Waals surface area (Å²) in [5.74, 6) is -1.59. The third kappa shape index (κ3) is 3.34. The first kappa shape index (κ1) is 12.8. The highest BCUT2D eigenvalue weighted by molar-refractivity contribution is 5.92. The molecular weight excluding hydrogens is 224 g/mol. The van der Waals surface area contributed by atoms with Crippen LogP contribution >= 0.6 is 0 Å². The molecule has 0 heterocycles. The van der Waals surface area contributed by atoms with Crippen LogP contribution in [0.1, 0.15) is 17.3 Å². The van der Waals surface area contributed by atoms with Crippen LogP contribution in [0, 0.1) is 0 Å². The van der Waals surface area contributed by atoms with Crippen molar-refractivity contribution in [2.75, 3.05) is 6.61 Å². The Balaban J connectivity index is 3.18. The van der Waals surface area contributed by atoms with Gasteiger partial charge >= 0.3 is 11.9 Å².